The molecule has 0 amide bonds. The molecular weight excluding hydrogens is 320 g/mol. The van der Waals surface area contributed by atoms with Crippen molar-refractivity contribution in [2.24, 2.45) is 11.7 Å². The van der Waals surface area contributed by atoms with Gasteiger partial charge in [-0.25, -0.2) is 0 Å². The van der Waals surface area contributed by atoms with Crippen LogP contribution in [0.15, 0.2) is 0 Å². The minimum absolute atomic E-state index is 0. The Hall–Kier alpha value is -0.240. The van der Waals surface area contributed by atoms with Crippen LogP contribution in [-0.2, 0) is 9.53 Å². The van der Waals surface area contributed by atoms with E-state index >= 15 is 0 Å². The maximum Gasteiger partial charge on any atom is 0.401 e. The highest BCUT2D eigenvalue weighted by atomic mass is 35.5. The van der Waals surface area contributed by atoms with Gasteiger partial charge in [-0.2, -0.15) is 13.2 Å². The number of carbonyl (C=O) groups excluding carboxylic acids is 1. The summed E-state index contributed by atoms with van der Waals surface area (Å²) in [7, 11) is 0. The molecule has 0 aromatic heterocycles. The number of hydrogen-bond donors (Lipinski definition) is 1. The fourth-order valence-corrected chi connectivity index (χ4v) is 1.90. The highest BCUT2D eigenvalue weighted by molar-refractivity contribution is 5.85. The molecule has 4 nitrogen and oxygen atoms in total. The number of alkyl halides is 3. The van der Waals surface area contributed by atoms with E-state index < -0.39 is 24.7 Å². The second kappa shape index (κ2) is 9.65. The molecule has 1 heterocycles. The van der Waals surface area contributed by atoms with Crippen LogP contribution in [0.3, 0.4) is 0 Å². The molecule has 0 aliphatic carbocycles. The Morgan fingerprint density at radius 3 is 2.25 bits per heavy atom. The largest absolute Gasteiger partial charge is 0.464 e. The normalized spacial score (nSPS) is 18.6. The van der Waals surface area contributed by atoms with Crippen molar-refractivity contribution in [2.45, 2.75) is 32.0 Å². The first-order chi connectivity index (χ1) is 8.28. The van der Waals surface area contributed by atoms with Gasteiger partial charge in [-0.1, -0.05) is 0 Å². The van der Waals surface area contributed by atoms with E-state index in [2.05, 4.69) is 0 Å². The van der Waals surface area contributed by atoms with Crippen molar-refractivity contribution in [1.29, 1.82) is 0 Å². The van der Waals surface area contributed by atoms with Gasteiger partial charge in [-0.3, -0.25) is 9.69 Å². The van der Waals surface area contributed by atoms with E-state index in [0.717, 1.165) is 0 Å². The van der Waals surface area contributed by atoms with Gasteiger partial charge in [0.2, 0.25) is 0 Å². The van der Waals surface area contributed by atoms with Crippen LogP contribution in [0.5, 0.6) is 0 Å². The molecule has 0 saturated carbocycles. The van der Waals surface area contributed by atoms with Gasteiger partial charge in [-0.15, -0.1) is 24.8 Å². The number of likely N-dealkylation sites (tertiary alicyclic amines) is 1. The van der Waals surface area contributed by atoms with Crippen LogP contribution in [0.1, 0.15) is 19.8 Å². The van der Waals surface area contributed by atoms with Gasteiger partial charge < -0.3 is 10.5 Å². The Morgan fingerprint density at radius 1 is 1.35 bits per heavy atom. The minimum Gasteiger partial charge on any atom is -0.464 e. The van der Waals surface area contributed by atoms with Crippen molar-refractivity contribution < 1.29 is 22.7 Å². The first kappa shape index (κ1) is 22.0. The fourth-order valence-electron chi connectivity index (χ4n) is 1.90. The number of nitrogens with two attached hydrogens (primary N) is 1. The number of piperidine rings is 1. The van der Waals surface area contributed by atoms with Crippen molar-refractivity contribution in [2.75, 3.05) is 26.2 Å². The lowest BCUT2D eigenvalue weighted by atomic mass is 9.98. The van der Waals surface area contributed by atoms with Crippen molar-refractivity contribution in [3.63, 3.8) is 0 Å². The number of ether oxygens (including phenoxy) is 1. The molecule has 1 fully saturated rings. The summed E-state index contributed by atoms with van der Waals surface area (Å²) in [6.45, 7) is 1.70. The lowest BCUT2D eigenvalue weighted by Gasteiger charge is -2.32. The summed E-state index contributed by atoms with van der Waals surface area (Å²) in [6, 6.07) is -0.657. The lowest BCUT2D eigenvalue weighted by Crippen LogP contribution is -2.41. The first-order valence-corrected chi connectivity index (χ1v) is 5.99. The highest BCUT2D eigenvalue weighted by Gasteiger charge is 2.32. The Kier molecular flexibility index (Phi) is 10.6. The summed E-state index contributed by atoms with van der Waals surface area (Å²) in [4.78, 5) is 12.5. The molecule has 0 radical (unpaired) electrons. The van der Waals surface area contributed by atoms with Gasteiger partial charge in [0.25, 0.3) is 0 Å². The molecular formula is C11H21Cl2F3N2O2. The Labute approximate surface area is 129 Å². The quantitative estimate of drug-likeness (QED) is 0.795. The average Bonchev–Trinajstić information content (AvgIpc) is 2.25. The topological polar surface area (TPSA) is 55.6 Å². The molecule has 1 atom stereocenters. The molecule has 9 heteroatoms. The van der Waals surface area contributed by atoms with E-state index in [0.29, 0.717) is 25.9 Å². The van der Waals surface area contributed by atoms with Crippen molar-refractivity contribution in [3.8, 4) is 0 Å². The fraction of sp³-hybridized carbons (Fsp3) is 0.909. The van der Waals surface area contributed by atoms with Gasteiger partial charge in [-0.05, 0) is 38.8 Å². The number of halogens is 5. The number of carbonyl (C=O) groups is 1. The van der Waals surface area contributed by atoms with Crippen LogP contribution in [0.2, 0.25) is 0 Å². The maximum absolute atomic E-state index is 12.2. The van der Waals surface area contributed by atoms with Gasteiger partial charge >= 0.3 is 12.1 Å². The minimum atomic E-state index is -4.14. The summed E-state index contributed by atoms with van der Waals surface area (Å²) in [5.41, 5.74) is 5.34. The Bertz CT molecular complexity index is 283. The molecule has 20 heavy (non-hydrogen) atoms. The van der Waals surface area contributed by atoms with Crippen LogP contribution in [0, 0.1) is 5.92 Å². The summed E-state index contributed by atoms with van der Waals surface area (Å²) in [5.74, 6) is -0.329. The van der Waals surface area contributed by atoms with E-state index in [4.69, 9.17) is 10.5 Å². The zero-order valence-corrected chi connectivity index (χ0v) is 12.8. The summed E-state index contributed by atoms with van der Waals surface area (Å²) in [6.07, 6.45) is -2.92. The zero-order chi connectivity index (χ0) is 13.8. The average molecular weight is 341 g/mol. The molecule has 1 aliphatic rings. The molecule has 122 valence electrons. The SMILES string of the molecule is C[C@H](N)C(=O)OCC1CCN(CC(F)(F)F)CC1.Cl.Cl. The van der Waals surface area contributed by atoms with E-state index in [9.17, 15) is 18.0 Å². The third-order valence-electron chi connectivity index (χ3n) is 2.94. The van der Waals surface area contributed by atoms with E-state index in [1.54, 1.807) is 0 Å². The summed E-state index contributed by atoms with van der Waals surface area (Å²) in [5, 5.41) is 0. The molecule has 0 bridgehead atoms. The second-order valence-corrected chi connectivity index (χ2v) is 4.75. The van der Waals surface area contributed by atoms with E-state index in [1.165, 1.54) is 11.8 Å². The van der Waals surface area contributed by atoms with Crippen LogP contribution in [0.25, 0.3) is 0 Å². The van der Waals surface area contributed by atoms with Gasteiger partial charge in [0.05, 0.1) is 13.2 Å². The van der Waals surface area contributed by atoms with Crippen LogP contribution in [-0.4, -0.2) is 49.3 Å². The van der Waals surface area contributed by atoms with E-state index in [1.807, 2.05) is 0 Å². The highest BCUT2D eigenvalue weighted by Crippen LogP contribution is 2.22. The van der Waals surface area contributed by atoms with Gasteiger partial charge in [0.15, 0.2) is 0 Å². The predicted molar refractivity (Wildman–Crippen MR) is 74.3 cm³/mol. The number of hydrogen-bond acceptors (Lipinski definition) is 4. The van der Waals surface area contributed by atoms with Crippen LogP contribution in [0.4, 0.5) is 13.2 Å². The molecule has 1 rings (SSSR count). The standard InChI is InChI=1S/C11H19F3N2O2.2ClH/c1-8(15)10(17)18-6-9-2-4-16(5-3-9)7-11(12,13)14;;/h8-9H,2-7,15H2,1H3;2*1H/t8-;;/m0../s1. The third-order valence-corrected chi connectivity index (χ3v) is 2.94. The Morgan fingerprint density at radius 2 is 1.85 bits per heavy atom. The van der Waals surface area contributed by atoms with Crippen molar-refractivity contribution in [3.05, 3.63) is 0 Å². The predicted octanol–water partition coefficient (Wildman–Crippen LogP) is 1.99. The van der Waals surface area contributed by atoms with Gasteiger partial charge in [0, 0.05) is 0 Å². The molecule has 1 saturated heterocycles. The van der Waals surface area contributed by atoms with Gasteiger partial charge in [0.1, 0.15) is 6.04 Å². The Balaban J connectivity index is 0. The maximum atomic E-state index is 12.2. The number of nitrogens with zero attached hydrogens (tertiary/aromatic N) is 1. The van der Waals surface area contributed by atoms with E-state index in [-0.39, 0.29) is 37.3 Å². The summed E-state index contributed by atoms with van der Waals surface area (Å²) >= 11 is 0. The lowest BCUT2D eigenvalue weighted by molar-refractivity contribution is -0.151. The molecule has 0 aromatic rings. The number of esters is 1. The smallest absolute Gasteiger partial charge is 0.401 e. The molecule has 1 aliphatic heterocycles. The van der Waals surface area contributed by atoms with Crippen molar-refractivity contribution in [1.82, 2.24) is 4.90 Å². The van der Waals surface area contributed by atoms with Crippen LogP contribution >= 0.6 is 24.8 Å². The zero-order valence-electron chi connectivity index (χ0n) is 11.2. The molecule has 2 N–H and O–H groups in total. The molecule has 0 spiro atoms. The van der Waals surface area contributed by atoms with Crippen molar-refractivity contribution >= 4 is 30.8 Å². The number of rotatable bonds is 4. The van der Waals surface area contributed by atoms with Crippen LogP contribution < -0.4 is 5.73 Å². The third kappa shape index (κ3) is 8.84. The molecule has 0 unspecified atom stereocenters. The monoisotopic (exact) mass is 340 g/mol. The first-order valence-electron chi connectivity index (χ1n) is 5.99. The molecule has 0 aromatic carbocycles. The summed E-state index contributed by atoms with van der Waals surface area (Å²) < 4.78 is 41.4. The second-order valence-electron chi connectivity index (χ2n) is 4.75.